The number of esters is 1. The number of unbranched alkanes of at least 4 members (excludes halogenated alkanes) is 5. The van der Waals surface area contributed by atoms with Gasteiger partial charge in [0.2, 0.25) is 0 Å². The van der Waals surface area contributed by atoms with Gasteiger partial charge in [-0.2, -0.15) is 10.5 Å². The van der Waals surface area contributed by atoms with Crippen LogP contribution in [0.3, 0.4) is 0 Å². The standard InChI is InChI=1S/C36H44N2O3/c1-4-7-9-10-13-21-41-36(39)35(24-38)33-20-19-31(30(23-37)26-40-25-27(6-3)14-8-5-2)34-22-29-16-12-11-15-28(29)17-18-32(33)34/h11-12,15-16,18-20,22,27H,4-10,13-14,17,21,25-26H2,1-3H3/b31-30+,35-33-. The van der Waals surface area contributed by atoms with Crippen LogP contribution in [0.2, 0.25) is 0 Å². The summed E-state index contributed by atoms with van der Waals surface area (Å²) in [6, 6.07) is 16.2. The molecule has 0 N–H and O–H groups in total. The second-order valence-electron chi connectivity index (χ2n) is 10.8. The molecule has 0 saturated heterocycles. The molecule has 0 heterocycles. The topological polar surface area (TPSA) is 83.1 Å². The van der Waals surface area contributed by atoms with Gasteiger partial charge in [0.25, 0.3) is 0 Å². The molecule has 0 spiro atoms. The van der Waals surface area contributed by atoms with E-state index in [0.717, 1.165) is 71.7 Å². The lowest BCUT2D eigenvalue weighted by Gasteiger charge is -2.14. The molecule has 0 radical (unpaired) electrons. The maximum absolute atomic E-state index is 13.1. The lowest BCUT2D eigenvalue weighted by Crippen LogP contribution is -2.50. The second kappa shape index (κ2) is 17.2. The summed E-state index contributed by atoms with van der Waals surface area (Å²) in [4.78, 5) is 13.1. The number of hydrogen-bond donors (Lipinski definition) is 0. The minimum atomic E-state index is -0.599. The van der Waals surface area contributed by atoms with Gasteiger partial charge >= 0.3 is 5.97 Å². The van der Waals surface area contributed by atoms with Crippen LogP contribution in [-0.4, -0.2) is 25.8 Å². The van der Waals surface area contributed by atoms with Crippen LogP contribution in [0.4, 0.5) is 0 Å². The largest absolute Gasteiger partial charge is 0.462 e. The van der Waals surface area contributed by atoms with Crippen molar-refractivity contribution in [3.8, 4) is 12.1 Å². The molecule has 216 valence electrons. The molecule has 5 heteroatoms. The van der Waals surface area contributed by atoms with Gasteiger partial charge in [-0.3, -0.25) is 0 Å². The zero-order valence-corrected chi connectivity index (χ0v) is 25.0. The van der Waals surface area contributed by atoms with Crippen LogP contribution in [0.25, 0.3) is 23.3 Å². The summed E-state index contributed by atoms with van der Waals surface area (Å²) >= 11 is 0. The van der Waals surface area contributed by atoms with Crippen molar-refractivity contribution in [1.82, 2.24) is 0 Å². The first-order valence-corrected chi connectivity index (χ1v) is 15.3. The molecule has 2 aromatic carbocycles. The van der Waals surface area contributed by atoms with E-state index in [-0.39, 0.29) is 12.2 Å². The van der Waals surface area contributed by atoms with Crippen LogP contribution < -0.4 is 20.9 Å². The predicted molar refractivity (Wildman–Crippen MR) is 165 cm³/mol. The lowest BCUT2D eigenvalue weighted by atomic mass is 10.0. The van der Waals surface area contributed by atoms with Crippen molar-refractivity contribution in [2.75, 3.05) is 19.8 Å². The van der Waals surface area contributed by atoms with E-state index in [9.17, 15) is 15.3 Å². The fourth-order valence-electron chi connectivity index (χ4n) is 5.28. The SMILES string of the molecule is CCCCCCCOC(=O)/C(C#N)=c1/cc/c(=C(/C#N)COCC(CC)CCCC)c2c1=CCc1ccccc1C=2. The van der Waals surface area contributed by atoms with E-state index in [0.29, 0.717) is 36.3 Å². The van der Waals surface area contributed by atoms with Gasteiger partial charge in [-0.05, 0) is 58.0 Å². The number of nitrogens with zero attached hydrogens (tertiary/aromatic N) is 2. The number of nitriles is 2. The Morgan fingerprint density at radius 1 is 0.902 bits per heavy atom. The molecule has 0 bridgehead atoms. The minimum absolute atomic E-state index is 0.00608. The summed E-state index contributed by atoms with van der Waals surface area (Å²) in [5.41, 5.74) is 2.73. The van der Waals surface area contributed by atoms with E-state index in [2.05, 4.69) is 57.2 Å². The molecule has 0 fully saturated rings. The van der Waals surface area contributed by atoms with Crippen molar-refractivity contribution in [1.29, 1.82) is 10.5 Å². The molecule has 1 unspecified atom stereocenters. The van der Waals surface area contributed by atoms with E-state index in [1.54, 1.807) is 6.07 Å². The van der Waals surface area contributed by atoms with E-state index < -0.39 is 5.97 Å². The van der Waals surface area contributed by atoms with Crippen molar-refractivity contribution in [3.63, 3.8) is 0 Å². The molecule has 1 aliphatic carbocycles. The van der Waals surface area contributed by atoms with E-state index in [1.807, 2.05) is 18.2 Å². The molecule has 5 nitrogen and oxygen atoms in total. The Morgan fingerprint density at radius 3 is 2.39 bits per heavy atom. The molecular formula is C36H44N2O3. The highest BCUT2D eigenvalue weighted by atomic mass is 16.5. The zero-order valence-electron chi connectivity index (χ0n) is 25.0. The van der Waals surface area contributed by atoms with Crippen LogP contribution in [0.5, 0.6) is 0 Å². The van der Waals surface area contributed by atoms with Gasteiger partial charge in [-0.15, -0.1) is 0 Å². The number of rotatable bonds is 15. The van der Waals surface area contributed by atoms with E-state index >= 15 is 0 Å². The van der Waals surface area contributed by atoms with Gasteiger partial charge in [-0.1, -0.05) is 108 Å². The summed E-state index contributed by atoms with van der Waals surface area (Å²) in [6.07, 6.45) is 14.5. The summed E-state index contributed by atoms with van der Waals surface area (Å²) in [5, 5.41) is 23.1. The Hall–Kier alpha value is -3.67. The monoisotopic (exact) mass is 552 g/mol. The molecule has 0 amide bonds. The Bertz CT molecular complexity index is 1510. The Kier molecular flexibility index (Phi) is 13.4. The van der Waals surface area contributed by atoms with Crippen LogP contribution in [-0.2, 0) is 20.7 Å². The van der Waals surface area contributed by atoms with Crippen LogP contribution >= 0.6 is 0 Å². The first-order chi connectivity index (χ1) is 20.1. The van der Waals surface area contributed by atoms with Crippen molar-refractivity contribution in [2.45, 2.75) is 85.0 Å². The maximum Gasteiger partial charge on any atom is 0.349 e. The average Bonchev–Trinajstić information content (AvgIpc) is 3.19. The zero-order chi connectivity index (χ0) is 29.5. The second-order valence-corrected chi connectivity index (χ2v) is 10.8. The summed E-state index contributed by atoms with van der Waals surface area (Å²) < 4.78 is 11.6. The van der Waals surface area contributed by atoms with Gasteiger partial charge in [-0.25, -0.2) is 4.79 Å². The van der Waals surface area contributed by atoms with Gasteiger partial charge < -0.3 is 9.47 Å². The van der Waals surface area contributed by atoms with Gasteiger partial charge in [0.1, 0.15) is 11.6 Å². The molecule has 1 atom stereocenters. The average molecular weight is 553 g/mol. The number of benzene rings is 2. The number of ether oxygens (including phenoxy) is 2. The van der Waals surface area contributed by atoms with Crippen LogP contribution in [0.1, 0.15) is 89.7 Å². The third kappa shape index (κ3) is 8.91. The number of carbonyl (C=O) groups excluding carboxylic acids is 1. The predicted octanol–water partition coefficient (Wildman–Crippen LogP) is 4.95. The maximum atomic E-state index is 13.1. The number of carbonyl (C=O) groups is 1. The highest BCUT2D eigenvalue weighted by Crippen LogP contribution is 2.14. The molecule has 3 rings (SSSR count). The smallest absolute Gasteiger partial charge is 0.349 e. The first-order valence-electron chi connectivity index (χ1n) is 15.3. The molecule has 2 aromatic rings. The third-order valence-corrected chi connectivity index (χ3v) is 7.84. The molecule has 0 aliphatic heterocycles. The quantitative estimate of drug-likeness (QED) is 0.231. The summed E-state index contributed by atoms with van der Waals surface area (Å²) in [6.45, 7) is 7.68. The lowest BCUT2D eigenvalue weighted by molar-refractivity contribution is -0.136. The Balaban J connectivity index is 2.07. The van der Waals surface area contributed by atoms with E-state index in [4.69, 9.17) is 9.47 Å². The first kappa shape index (κ1) is 31.9. The Labute approximate surface area is 245 Å². The summed E-state index contributed by atoms with van der Waals surface area (Å²) in [7, 11) is 0. The summed E-state index contributed by atoms with van der Waals surface area (Å²) in [5.74, 6) is -0.120. The van der Waals surface area contributed by atoms with Crippen molar-refractivity contribution in [3.05, 3.63) is 68.4 Å². The fourth-order valence-corrected chi connectivity index (χ4v) is 5.28. The minimum Gasteiger partial charge on any atom is -0.462 e. The molecule has 0 aromatic heterocycles. The molecular weight excluding hydrogens is 508 g/mol. The van der Waals surface area contributed by atoms with Crippen molar-refractivity contribution < 1.29 is 14.3 Å². The highest BCUT2D eigenvalue weighted by Gasteiger charge is 2.15. The molecule has 41 heavy (non-hydrogen) atoms. The highest BCUT2D eigenvalue weighted by molar-refractivity contribution is 6.15. The third-order valence-electron chi connectivity index (χ3n) is 7.84. The van der Waals surface area contributed by atoms with Gasteiger partial charge in [0, 0.05) is 11.8 Å². The van der Waals surface area contributed by atoms with Crippen LogP contribution in [0, 0.1) is 28.6 Å². The number of fused-ring (bicyclic) bond motifs is 2. The molecule has 1 aliphatic rings. The van der Waals surface area contributed by atoms with Crippen molar-refractivity contribution >= 4 is 29.3 Å². The number of hydrogen-bond acceptors (Lipinski definition) is 5. The van der Waals surface area contributed by atoms with Gasteiger partial charge in [0.05, 0.1) is 24.9 Å². The van der Waals surface area contributed by atoms with Crippen molar-refractivity contribution in [2.24, 2.45) is 5.92 Å². The Morgan fingerprint density at radius 2 is 1.66 bits per heavy atom. The fraction of sp³-hybridized carbons (Fsp3) is 0.472. The molecule has 0 saturated carbocycles. The van der Waals surface area contributed by atoms with E-state index in [1.165, 1.54) is 12.8 Å². The van der Waals surface area contributed by atoms with Crippen LogP contribution in [0.15, 0.2) is 36.4 Å². The van der Waals surface area contributed by atoms with Gasteiger partial charge in [0.15, 0.2) is 0 Å². The normalized spacial score (nSPS) is 14.1.